The van der Waals surface area contributed by atoms with Gasteiger partial charge in [0.2, 0.25) is 0 Å². The third kappa shape index (κ3) is 3.34. The van der Waals surface area contributed by atoms with Gasteiger partial charge in [0.25, 0.3) is 5.91 Å². The fourth-order valence-corrected chi connectivity index (χ4v) is 1.92. The summed E-state index contributed by atoms with van der Waals surface area (Å²) in [7, 11) is 0. The molecule has 0 aliphatic rings. The van der Waals surface area contributed by atoms with E-state index < -0.39 is 0 Å². The van der Waals surface area contributed by atoms with E-state index in [0.29, 0.717) is 11.4 Å². The van der Waals surface area contributed by atoms with Gasteiger partial charge in [-0.25, -0.2) is 0 Å². The maximum absolute atomic E-state index is 11.9. The number of benzene rings is 2. The van der Waals surface area contributed by atoms with Crippen molar-refractivity contribution in [3.8, 4) is 0 Å². The van der Waals surface area contributed by atoms with Crippen molar-refractivity contribution in [1.82, 2.24) is 0 Å². The monoisotopic (exact) mass is 323 g/mol. The summed E-state index contributed by atoms with van der Waals surface area (Å²) in [6, 6.07) is 14.7. The van der Waals surface area contributed by atoms with Gasteiger partial charge < -0.3 is 5.32 Å². The molecule has 18 heavy (non-hydrogen) atoms. The Bertz CT molecular complexity index is 537. The van der Waals surface area contributed by atoms with Crippen LogP contribution in [0.2, 0.25) is 0 Å². The molecule has 0 heterocycles. The first-order valence-electron chi connectivity index (χ1n) is 5.41. The lowest BCUT2D eigenvalue weighted by molar-refractivity contribution is 0.102. The van der Waals surface area contributed by atoms with Crippen LogP contribution in [0.25, 0.3) is 0 Å². The second kappa shape index (κ2) is 6.03. The number of carbonyl (C=O) groups excluding carboxylic acids is 1. The van der Waals surface area contributed by atoms with Crippen molar-refractivity contribution in [3.63, 3.8) is 0 Å². The van der Waals surface area contributed by atoms with E-state index in [-0.39, 0.29) is 5.91 Å². The van der Waals surface area contributed by atoms with E-state index in [1.165, 1.54) is 0 Å². The second-order valence-corrected chi connectivity index (χ2v) is 4.97. The van der Waals surface area contributed by atoms with Crippen LogP contribution in [-0.2, 0) is 5.88 Å². The minimum absolute atomic E-state index is 0.124. The molecule has 0 saturated heterocycles. The molecule has 0 spiro atoms. The molecule has 0 unspecified atom stereocenters. The number of carbonyl (C=O) groups is 1. The Kier molecular flexibility index (Phi) is 4.39. The van der Waals surface area contributed by atoms with Crippen LogP contribution >= 0.6 is 27.5 Å². The maximum Gasteiger partial charge on any atom is 0.255 e. The molecule has 2 nitrogen and oxygen atoms in total. The van der Waals surface area contributed by atoms with Gasteiger partial charge in [0.05, 0.1) is 0 Å². The van der Waals surface area contributed by atoms with Gasteiger partial charge in [-0.15, -0.1) is 11.6 Å². The summed E-state index contributed by atoms with van der Waals surface area (Å²) in [6.07, 6.45) is 0. The number of hydrogen-bond acceptors (Lipinski definition) is 1. The fraction of sp³-hybridized carbons (Fsp3) is 0.0714. The predicted molar refractivity (Wildman–Crippen MR) is 78.1 cm³/mol. The van der Waals surface area contributed by atoms with Gasteiger partial charge in [-0.1, -0.05) is 28.1 Å². The van der Waals surface area contributed by atoms with Gasteiger partial charge in [0.15, 0.2) is 0 Å². The zero-order chi connectivity index (χ0) is 13.0. The van der Waals surface area contributed by atoms with Gasteiger partial charge in [0.1, 0.15) is 0 Å². The molecule has 4 heteroatoms. The van der Waals surface area contributed by atoms with Crippen molar-refractivity contribution in [2.45, 2.75) is 5.88 Å². The highest BCUT2D eigenvalue weighted by Gasteiger charge is 2.05. The minimum atomic E-state index is -0.124. The van der Waals surface area contributed by atoms with Crippen LogP contribution in [0.5, 0.6) is 0 Å². The van der Waals surface area contributed by atoms with E-state index in [2.05, 4.69) is 21.2 Å². The third-order valence-electron chi connectivity index (χ3n) is 2.47. The molecule has 0 radical (unpaired) electrons. The van der Waals surface area contributed by atoms with Crippen LogP contribution < -0.4 is 5.32 Å². The number of nitrogens with one attached hydrogen (secondary N) is 1. The first-order chi connectivity index (χ1) is 8.69. The summed E-state index contributed by atoms with van der Waals surface area (Å²) in [5.41, 5.74) is 2.41. The van der Waals surface area contributed by atoms with Crippen molar-refractivity contribution >= 4 is 39.1 Å². The molecular weight excluding hydrogens is 314 g/mol. The first kappa shape index (κ1) is 13.1. The lowest BCUT2D eigenvalue weighted by Crippen LogP contribution is -2.11. The van der Waals surface area contributed by atoms with Gasteiger partial charge in [0, 0.05) is 21.6 Å². The van der Waals surface area contributed by atoms with Crippen molar-refractivity contribution < 1.29 is 4.79 Å². The Hall–Kier alpha value is -1.32. The Morgan fingerprint density at radius 2 is 1.67 bits per heavy atom. The average Bonchev–Trinajstić information content (AvgIpc) is 2.40. The SMILES string of the molecule is O=C(Nc1ccc(CCl)cc1)c1ccc(Br)cc1. The molecule has 0 aromatic heterocycles. The van der Waals surface area contributed by atoms with E-state index in [9.17, 15) is 4.79 Å². The lowest BCUT2D eigenvalue weighted by Gasteiger charge is -2.06. The number of alkyl halides is 1. The Labute approximate surface area is 119 Å². The summed E-state index contributed by atoms with van der Waals surface area (Å²) in [6.45, 7) is 0. The number of halogens is 2. The van der Waals surface area contributed by atoms with Gasteiger partial charge in [-0.3, -0.25) is 4.79 Å². The molecule has 0 aliphatic carbocycles. The van der Waals surface area contributed by atoms with E-state index in [1.807, 2.05) is 36.4 Å². The first-order valence-corrected chi connectivity index (χ1v) is 6.73. The molecule has 92 valence electrons. The van der Waals surface area contributed by atoms with Gasteiger partial charge in [-0.2, -0.15) is 0 Å². The smallest absolute Gasteiger partial charge is 0.255 e. The number of anilines is 1. The van der Waals surface area contributed by atoms with Crippen molar-refractivity contribution in [1.29, 1.82) is 0 Å². The van der Waals surface area contributed by atoms with Crippen LogP contribution in [0.15, 0.2) is 53.0 Å². The largest absolute Gasteiger partial charge is 0.322 e. The molecule has 2 aromatic rings. The lowest BCUT2D eigenvalue weighted by atomic mass is 10.2. The van der Waals surface area contributed by atoms with Gasteiger partial charge >= 0.3 is 0 Å². The summed E-state index contributed by atoms with van der Waals surface area (Å²) in [4.78, 5) is 11.9. The molecule has 0 fully saturated rings. The van der Waals surface area contributed by atoms with Crippen LogP contribution in [-0.4, -0.2) is 5.91 Å². The highest BCUT2D eigenvalue weighted by atomic mass is 79.9. The van der Waals surface area contributed by atoms with Crippen molar-refractivity contribution in [2.24, 2.45) is 0 Å². The van der Waals surface area contributed by atoms with Crippen LogP contribution in [0.4, 0.5) is 5.69 Å². The number of rotatable bonds is 3. The molecule has 1 N–H and O–H groups in total. The highest BCUT2D eigenvalue weighted by molar-refractivity contribution is 9.10. The van der Waals surface area contributed by atoms with E-state index in [0.717, 1.165) is 15.7 Å². The van der Waals surface area contributed by atoms with Crippen LogP contribution in [0, 0.1) is 0 Å². The van der Waals surface area contributed by atoms with E-state index in [1.54, 1.807) is 12.1 Å². The number of amides is 1. The molecule has 0 saturated carbocycles. The highest BCUT2D eigenvalue weighted by Crippen LogP contribution is 2.14. The molecule has 2 rings (SSSR count). The fourth-order valence-electron chi connectivity index (χ4n) is 1.48. The van der Waals surface area contributed by atoms with Crippen molar-refractivity contribution in [3.05, 3.63) is 64.1 Å². The Morgan fingerprint density at radius 1 is 1.06 bits per heavy atom. The molecule has 2 aromatic carbocycles. The zero-order valence-electron chi connectivity index (χ0n) is 9.49. The zero-order valence-corrected chi connectivity index (χ0v) is 11.8. The molecule has 0 atom stereocenters. The Morgan fingerprint density at radius 3 is 2.22 bits per heavy atom. The van der Waals surface area contributed by atoms with Crippen molar-refractivity contribution in [2.75, 3.05) is 5.32 Å². The minimum Gasteiger partial charge on any atom is -0.322 e. The Balaban J connectivity index is 2.08. The van der Waals surface area contributed by atoms with Crippen LogP contribution in [0.3, 0.4) is 0 Å². The van der Waals surface area contributed by atoms with Crippen LogP contribution in [0.1, 0.15) is 15.9 Å². The summed E-state index contributed by atoms with van der Waals surface area (Å²) in [5.74, 6) is 0.349. The second-order valence-electron chi connectivity index (χ2n) is 3.79. The number of hydrogen-bond donors (Lipinski definition) is 1. The quantitative estimate of drug-likeness (QED) is 0.831. The summed E-state index contributed by atoms with van der Waals surface area (Å²) in [5, 5.41) is 2.83. The average molecular weight is 325 g/mol. The molecule has 0 aliphatic heterocycles. The normalized spacial score (nSPS) is 10.1. The third-order valence-corrected chi connectivity index (χ3v) is 3.31. The molecule has 1 amide bonds. The van der Waals surface area contributed by atoms with Gasteiger partial charge in [-0.05, 0) is 42.0 Å². The predicted octanol–water partition coefficient (Wildman–Crippen LogP) is 4.44. The maximum atomic E-state index is 11.9. The summed E-state index contributed by atoms with van der Waals surface area (Å²) < 4.78 is 0.950. The van der Waals surface area contributed by atoms with E-state index >= 15 is 0 Å². The molecular formula is C14H11BrClNO. The van der Waals surface area contributed by atoms with E-state index in [4.69, 9.17) is 11.6 Å². The summed E-state index contributed by atoms with van der Waals surface area (Å²) >= 11 is 9.04. The molecule has 0 bridgehead atoms. The standard InChI is InChI=1S/C14H11BrClNO/c15-12-5-3-11(4-6-12)14(18)17-13-7-1-10(9-16)2-8-13/h1-8H,9H2,(H,17,18). The topological polar surface area (TPSA) is 29.1 Å².